The standard InChI is InChI=1S/C22H27N3O4S/c1-16-8-9-21(17(2)14-16)30(28,29)25-12-10-24(11-13-25)15-22(27)23-20-7-5-4-6-19(20)18(3)26/h4-9,14H,10-13,15H2,1-3H3,(H,23,27). The van der Waals surface area contributed by atoms with Crippen LogP contribution in [0.3, 0.4) is 0 Å². The maximum absolute atomic E-state index is 13.0. The molecule has 1 aliphatic rings. The van der Waals surface area contributed by atoms with E-state index in [1.807, 2.05) is 17.9 Å². The molecule has 0 saturated carbocycles. The smallest absolute Gasteiger partial charge is 0.243 e. The SMILES string of the molecule is CC(=O)c1ccccc1NC(=O)CN1CCN(S(=O)(=O)c2ccc(C)cc2C)CC1. The number of Topliss-reactive ketones (excluding diaryl/α,β-unsaturated/α-hetero) is 1. The molecular formula is C22H27N3O4S. The lowest BCUT2D eigenvalue weighted by Gasteiger charge is -2.33. The monoisotopic (exact) mass is 429 g/mol. The minimum Gasteiger partial charge on any atom is -0.324 e. The number of hydrogen-bond acceptors (Lipinski definition) is 5. The average Bonchev–Trinajstić information content (AvgIpc) is 2.68. The summed E-state index contributed by atoms with van der Waals surface area (Å²) in [6, 6.07) is 12.2. The van der Waals surface area contributed by atoms with Gasteiger partial charge in [-0.05, 0) is 44.5 Å². The number of carbonyl (C=O) groups excluding carboxylic acids is 2. The van der Waals surface area contributed by atoms with Crippen LogP contribution in [0.15, 0.2) is 47.4 Å². The number of hydrogen-bond donors (Lipinski definition) is 1. The second kappa shape index (κ2) is 9.07. The molecule has 2 aromatic rings. The number of anilines is 1. The Morgan fingerprint density at radius 1 is 1.00 bits per heavy atom. The van der Waals surface area contributed by atoms with Gasteiger partial charge in [0.2, 0.25) is 15.9 Å². The molecule has 2 aromatic carbocycles. The fourth-order valence-electron chi connectivity index (χ4n) is 3.65. The number of amides is 1. The number of benzene rings is 2. The molecule has 1 amide bonds. The number of sulfonamides is 1. The lowest BCUT2D eigenvalue weighted by Crippen LogP contribution is -2.50. The van der Waals surface area contributed by atoms with E-state index >= 15 is 0 Å². The van der Waals surface area contributed by atoms with Gasteiger partial charge in [-0.2, -0.15) is 4.31 Å². The van der Waals surface area contributed by atoms with Gasteiger partial charge in [0.05, 0.1) is 17.1 Å². The van der Waals surface area contributed by atoms with Crippen LogP contribution in [0.2, 0.25) is 0 Å². The molecule has 0 spiro atoms. The second-order valence-corrected chi connectivity index (χ2v) is 9.51. The van der Waals surface area contributed by atoms with Crippen LogP contribution in [0, 0.1) is 13.8 Å². The minimum atomic E-state index is -3.56. The Kier molecular flexibility index (Phi) is 6.70. The van der Waals surface area contributed by atoms with Crippen LogP contribution < -0.4 is 5.32 Å². The number of ketones is 1. The van der Waals surface area contributed by atoms with Crippen molar-refractivity contribution in [2.24, 2.45) is 0 Å². The number of nitrogens with one attached hydrogen (secondary N) is 1. The predicted molar refractivity (Wildman–Crippen MR) is 116 cm³/mol. The van der Waals surface area contributed by atoms with Gasteiger partial charge in [0.1, 0.15) is 0 Å². The topological polar surface area (TPSA) is 86.8 Å². The molecule has 0 aromatic heterocycles. The van der Waals surface area contributed by atoms with Crippen molar-refractivity contribution in [3.05, 3.63) is 59.2 Å². The molecule has 0 aliphatic carbocycles. The molecule has 0 atom stereocenters. The lowest BCUT2D eigenvalue weighted by atomic mass is 10.1. The Balaban J connectivity index is 1.59. The molecule has 1 saturated heterocycles. The summed E-state index contributed by atoms with van der Waals surface area (Å²) < 4.78 is 27.5. The highest BCUT2D eigenvalue weighted by Gasteiger charge is 2.30. The van der Waals surface area contributed by atoms with E-state index in [4.69, 9.17) is 0 Å². The van der Waals surface area contributed by atoms with Gasteiger partial charge >= 0.3 is 0 Å². The van der Waals surface area contributed by atoms with Crippen LogP contribution in [0.4, 0.5) is 5.69 Å². The first-order chi connectivity index (χ1) is 14.2. The molecule has 1 N–H and O–H groups in total. The number of aryl methyl sites for hydroxylation is 2. The first-order valence-corrected chi connectivity index (χ1v) is 11.3. The van der Waals surface area contributed by atoms with Crippen molar-refractivity contribution in [3.8, 4) is 0 Å². The molecule has 1 aliphatic heterocycles. The molecule has 0 unspecified atom stereocenters. The minimum absolute atomic E-state index is 0.115. The highest BCUT2D eigenvalue weighted by atomic mass is 32.2. The number of piperazine rings is 1. The van der Waals surface area contributed by atoms with Gasteiger partial charge in [-0.15, -0.1) is 0 Å². The molecule has 0 radical (unpaired) electrons. The Bertz CT molecular complexity index is 1060. The summed E-state index contributed by atoms with van der Waals surface area (Å²) in [5.74, 6) is -0.342. The van der Waals surface area contributed by atoms with Crippen molar-refractivity contribution in [2.45, 2.75) is 25.7 Å². The summed E-state index contributed by atoms with van der Waals surface area (Å²) in [6.07, 6.45) is 0. The number of rotatable bonds is 6. The highest BCUT2D eigenvalue weighted by Crippen LogP contribution is 2.22. The van der Waals surface area contributed by atoms with Gasteiger partial charge in [0.25, 0.3) is 0 Å². The van der Waals surface area contributed by atoms with Gasteiger partial charge in [-0.1, -0.05) is 29.8 Å². The fraction of sp³-hybridized carbons (Fsp3) is 0.364. The first kappa shape index (κ1) is 22.1. The molecule has 0 bridgehead atoms. The zero-order valence-corrected chi connectivity index (χ0v) is 18.3. The highest BCUT2D eigenvalue weighted by molar-refractivity contribution is 7.89. The number of carbonyl (C=O) groups is 2. The Hall–Kier alpha value is -2.55. The van der Waals surface area contributed by atoms with Crippen molar-refractivity contribution in [3.63, 3.8) is 0 Å². The van der Waals surface area contributed by atoms with E-state index in [0.717, 1.165) is 11.1 Å². The van der Waals surface area contributed by atoms with Crippen molar-refractivity contribution in [2.75, 3.05) is 38.0 Å². The predicted octanol–water partition coefficient (Wildman–Crippen LogP) is 2.45. The fourth-order valence-corrected chi connectivity index (χ4v) is 5.28. The van der Waals surface area contributed by atoms with Crippen LogP contribution in [-0.4, -0.2) is 62.0 Å². The molecule has 30 heavy (non-hydrogen) atoms. The Labute approximate surface area is 177 Å². The third-order valence-electron chi connectivity index (χ3n) is 5.23. The summed E-state index contributed by atoms with van der Waals surface area (Å²) >= 11 is 0. The van der Waals surface area contributed by atoms with Crippen molar-refractivity contribution in [1.82, 2.24) is 9.21 Å². The van der Waals surface area contributed by atoms with Crippen molar-refractivity contribution >= 4 is 27.4 Å². The van der Waals surface area contributed by atoms with E-state index in [1.165, 1.54) is 11.2 Å². The summed E-state index contributed by atoms with van der Waals surface area (Å²) in [5.41, 5.74) is 2.72. The molecule has 8 heteroatoms. The summed E-state index contributed by atoms with van der Waals surface area (Å²) in [7, 11) is -3.56. The molecule has 7 nitrogen and oxygen atoms in total. The molecule has 1 fully saturated rings. The Morgan fingerprint density at radius 3 is 2.30 bits per heavy atom. The third-order valence-corrected chi connectivity index (χ3v) is 7.29. The van der Waals surface area contributed by atoms with E-state index in [9.17, 15) is 18.0 Å². The van der Waals surface area contributed by atoms with Gasteiger partial charge in [-0.3, -0.25) is 14.5 Å². The largest absolute Gasteiger partial charge is 0.324 e. The summed E-state index contributed by atoms with van der Waals surface area (Å²) in [6.45, 7) is 6.92. The van der Waals surface area contributed by atoms with E-state index < -0.39 is 10.0 Å². The van der Waals surface area contributed by atoms with E-state index in [2.05, 4.69) is 5.32 Å². The van der Waals surface area contributed by atoms with Crippen LogP contribution in [0.25, 0.3) is 0 Å². The molecule has 1 heterocycles. The van der Waals surface area contributed by atoms with Crippen LogP contribution in [0.1, 0.15) is 28.4 Å². The maximum atomic E-state index is 13.0. The molecule has 160 valence electrons. The average molecular weight is 430 g/mol. The number of para-hydroxylation sites is 1. The van der Waals surface area contributed by atoms with Crippen LogP contribution in [-0.2, 0) is 14.8 Å². The van der Waals surface area contributed by atoms with Gasteiger partial charge in [0.15, 0.2) is 5.78 Å². The van der Waals surface area contributed by atoms with Crippen molar-refractivity contribution < 1.29 is 18.0 Å². The van der Waals surface area contributed by atoms with E-state index in [1.54, 1.807) is 43.3 Å². The lowest BCUT2D eigenvalue weighted by molar-refractivity contribution is -0.117. The normalized spacial score (nSPS) is 15.7. The zero-order chi connectivity index (χ0) is 21.9. The van der Waals surface area contributed by atoms with Gasteiger partial charge in [0, 0.05) is 31.7 Å². The molecule has 3 rings (SSSR count). The summed E-state index contributed by atoms with van der Waals surface area (Å²) in [5, 5.41) is 2.79. The quantitative estimate of drug-likeness (QED) is 0.713. The van der Waals surface area contributed by atoms with Crippen molar-refractivity contribution in [1.29, 1.82) is 0 Å². The van der Waals surface area contributed by atoms with Crippen LogP contribution in [0.5, 0.6) is 0 Å². The zero-order valence-electron chi connectivity index (χ0n) is 17.5. The maximum Gasteiger partial charge on any atom is 0.243 e. The second-order valence-electron chi connectivity index (χ2n) is 7.60. The summed E-state index contributed by atoms with van der Waals surface area (Å²) in [4.78, 5) is 26.4. The van der Waals surface area contributed by atoms with E-state index in [-0.39, 0.29) is 18.2 Å². The van der Waals surface area contributed by atoms with Gasteiger partial charge < -0.3 is 5.32 Å². The van der Waals surface area contributed by atoms with E-state index in [0.29, 0.717) is 42.3 Å². The van der Waals surface area contributed by atoms with Crippen LogP contribution >= 0.6 is 0 Å². The van der Waals surface area contributed by atoms with Gasteiger partial charge in [-0.25, -0.2) is 8.42 Å². The third kappa shape index (κ3) is 4.95. The first-order valence-electron chi connectivity index (χ1n) is 9.88. The number of nitrogens with zero attached hydrogens (tertiary/aromatic N) is 2. The molecular weight excluding hydrogens is 402 g/mol. The Morgan fingerprint density at radius 2 is 1.67 bits per heavy atom.